The van der Waals surface area contributed by atoms with Crippen LogP contribution in [-0.2, 0) is 0 Å². The first kappa shape index (κ1) is 14.9. The molecule has 2 aromatic carbocycles. The van der Waals surface area contributed by atoms with Crippen LogP contribution in [0.4, 0.5) is 4.39 Å². The van der Waals surface area contributed by atoms with Gasteiger partial charge in [0.2, 0.25) is 0 Å². The van der Waals surface area contributed by atoms with E-state index < -0.39 is 6.10 Å². The van der Waals surface area contributed by atoms with E-state index in [0.717, 1.165) is 0 Å². The van der Waals surface area contributed by atoms with Gasteiger partial charge in [-0.3, -0.25) is 0 Å². The number of halogens is 3. The molecule has 3 rings (SSSR count). The maximum atomic E-state index is 13.2. The Bertz CT molecular complexity index is 693. The summed E-state index contributed by atoms with van der Waals surface area (Å²) in [5, 5.41) is 10.9. The third kappa shape index (κ3) is 2.95. The first-order chi connectivity index (χ1) is 10.1. The molecule has 1 unspecified atom stereocenters. The standard InChI is InChI=1S/C15H11ClFIO3/c16-11-7-14-13(20-3-4-21-14)6-10(11)15(19)9-2-1-8(17)5-12(9)18/h1-2,5-7,15,19H,3-4H2. The summed E-state index contributed by atoms with van der Waals surface area (Å²) in [6, 6.07) is 7.53. The van der Waals surface area contributed by atoms with E-state index in [2.05, 4.69) is 0 Å². The molecular formula is C15H11ClFIO3. The zero-order valence-corrected chi connectivity index (χ0v) is 13.7. The van der Waals surface area contributed by atoms with Gasteiger partial charge in [0.15, 0.2) is 11.5 Å². The first-order valence-electron chi connectivity index (χ1n) is 6.28. The molecule has 1 aliphatic heterocycles. The molecule has 0 amide bonds. The number of aliphatic hydroxyl groups is 1. The van der Waals surface area contributed by atoms with Gasteiger partial charge in [0.05, 0.1) is 5.02 Å². The smallest absolute Gasteiger partial charge is 0.162 e. The molecule has 1 aliphatic rings. The average Bonchev–Trinajstić information content (AvgIpc) is 2.46. The van der Waals surface area contributed by atoms with Crippen LogP contribution in [0.2, 0.25) is 5.02 Å². The van der Waals surface area contributed by atoms with Gasteiger partial charge in [-0.15, -0.1) is 0 Å². The van der Waals surface area contributed by atoms with Gasteiger partial charge in [0, 0.05) is 15.2 Å². The topological polar surface area (TPSA) is 38.7 Å². The molecule has 0 spiro atoms. The number of aliphatic hydroxyl groups excluding tert-OH is 1. The molecule has 2 aromatic rings. The summed E-state index contributed by atoms with van der Waals surface area (Å²) >= 11 is 8.20. The second-order valence-electron chi connectivity index (χ2n) is 4.59. The first-order valence-corrected chi connectivity index (χ1v) is 7.74. The fourth-order valence-electron chi connectivity index (χ4n) is 2.18. The summed E-state index contributed by atoms with van der Waals surface area (Å²) in [5.74, 6) is 0.774. The zero-order valence-electron chi connectivity index (χ0n) is 10.8. The fraction of sp³-hybridized carbons (Fsp3) is 0.200. The van der Waals surface area contributed by atoms with Crippen molar-refractivity contribution in [3.63, 3.8) is 0 Å². The molecule has 0 bridgehead atoms. The van der Waals surface area contributed by atoms with Gasteiger partial charge in [-0.1, -0.05) is 17.7 Å². The number of rotatable bonds is 2. The molecule has 1 N–H and O–H groups in total. The number of hydrogen-bond donors (Lipinski definition) is 1. The van der Waals surface area contributed by atoms with E-state index in [1.165, 1.54) is 12.1 Å². The monoisotopic (exact) mass is 420 g/mol. The van der Waals surface area contributed by atoms with Gasteiger partial charge in [-0.2, -0.15) is 0 Å². The highest BCUT2D eigenvalue weighted by Crippen LogP contribution is 2.40. The van der Waals surface area contributed by atoms with Crippen LogP contribution in [0.1, 0.15) is 17.2 Å². The van der Waals surface area contributed by atoms with Crippen molar-refractivity contribution in [3.05, 3.63) is 55.9 Å². The van der Waals surface area contributed by atoms with Gasteiger partial charge >= 0.3 is 0 Å². The lowest BCUT2D eigenvalue weighted by molar-refractivity contribution is 0.169. The Morgan fingerprint density at radius 3 is 2.43 bits per heavy atom. The molecule has 0 radical (unpaired) electrons. The molecule has 0 aromatic heterocycles. The normalized spacial score (nSPS) is 14.9. The van der Waals surface area contributed by atoms with Crippen LogP contribution < -0.4 is 9.47 Å². The largest absolute Gasteiger partial charge is 0.486 e. The maximum Gasteiger partial charge on any atom is 0.162 e. The minimum absolute atomic E-state index is 0.344. The highest BCUT2D eigenvalue weighted by atomic mass is 127. The molecule has 21 heavy (non-hydrogen) atoms. The lowest BCUT2D eigenvalue weighted by Gasteiger charge is -2.22. The summed E-state index contributed by atoms with van der Waals surface area (Å²) in [6.07, 6.45) is -0.958. The van der Waals surface area contributed by atoms with Crippen molar-refractivity contribution in [1.29, 1.82) is 0 Å². The van der Waals surface area contributed by atoms with E-state index in [1.807, 2.05) is 22.6 Å². The number of fused-ring (bicyclic) bond motifs is 1. The van der Waals surface area contributed by atoms with Gasteiger partial charge in [-0.25, -0.2) is 4.39 Å². The lowest BCUT2D eigenvalue weighted by Crippen LogP contribution is -2.16. The summed E-state index contributed by atoms with van der Waals surface area (Å²) in [6.45, 7) is 0.930. The van der Waals surface area contributed by atoms with Crippen LogP contribution in [0.25, 0.3) is 0 Å². The third-order valence-corrected chi connectivity index (χ3v) is 4.47. The van der Waals surface area contributed by atoms with Gasteiger partial charge in [0.25, 0.3) is 0 Å². The Morgan fingerprint density at radius 1 is 1.10 bits per heavy atom. The molecule has 1 heterocycles. The number of benzene rings is 2. The van der Waals surface area contributed by atoms with E-state index in [9.17, 15) is 9.50 Å². The van der Waals surface area contributed by atoms with E-state index >= 15 is 0 Å². The summed E-state index contributed by atoms with van der Waals surface area (Å²) in [7, 11) is 0. The molecule has 110 valence electrons. The Morgan fingerprint density at radius 2 is 1.76 bits per heavy atom. The highest BCUT2D eigenvalue weighted by molar-refractivity contribution is 14.1. The Kier molecular flexibility index (Phi) is 4.24. The fourth-order valence-corrected chi connectivity index (χ4v) is 3.21. The summed E-state index contributed by atoms with van der Waals surface area (Å²) in [4.78, 5) is 0. The third-order valence-electron chi connectivity index (χ3n) is 3.21. The molecule has 0 fully saturated rings. The molecule has 0 saturated carbocycles. The predicted molar refractivity (Wildman–Crippen MR) is 85.6 cm³/mol. The van der Waals surface area contributed by atoms with Crippen molar-refractivity contribution in [1.82, 2.24) is 0 Å². The minimum atomic E-state index is -0.958. The molecular weight excluding hydrogens is 410 g/mol. The van der Waals surface area contributed by atoms with Crippen LogP contribution in [0.3, 0.4) is 0 Å². The van der Waals surface area contributed by atoms with Crippen molar-refractivity contribution >= 4 is 34.2 Å². The van der Waals surface area contributed by atoms with E-state index in [1.54, 1.807) is 18.2 Å². The Labute approximate surface area is 139 Å². The van der Waals surface area contributed by atoms with Crippen LogP contribution >= 0.6 is 34.2 Å². The molecule has 1 atom stereocenters. The van der Waals surface area contributed by atoms with E-state index in [-0.39, 0.29) is 5.82 Å². The van der Waals surface area contributed by atoms with Crippen LogP contribution in [0.15, 0.2) is 30.3 Å². The van der Waals surface area contributed by atoms with Crippen LogP contribution in [0, 0.1) is 9.39 Å². The highest BCUT2D eigenvalue weighted by Gasteiger charge is 2.21. The zero-order chi connectivity index (χ0) is 15.0. The maximum absolute atomic E-state index is 13.2. The quantitative estimate of drug-likeness (QED) is 0.748. The van der Waals surface area contributed by atoms with E-state index in [0.29, 0.717) is 44.4 Å². The Balaban J connectivity index is 2.03. The second kappa shape index (κ2) is 5.98. The molecule has 0 saturated heterocycles. The van der Waals surface area contributed by atoms with Crippen molar-refractivity contribution < 1.29 is 19.0 Å². The predicted octanol–water partition coefficient (Wildman–Crippen LogP) is 3.94. The summed E-state index contributed by atoms with van der Waals surface area (Å²) in [5.41, 5.74) is 1.10. The lowest BCUT2D eigenvalue weighted by atomic mass is 10.0. The van der Waals surface area contributed by atoms with Crippen molar-refractivity contribution in [2.24, 2.45) is 0 Å². The average molecular weight is 421 g/mol. The van der Waals surface area contributed by atoms with Gasteiger partial charge in [-0.05, 0) is 46.4 Å². The van der Waals surface area contributed by atoms with Gasteiger partial charge < -0.3 is 14.6 Å². The summed E-state index contributed by atoms with van der Waals surface area (Å²) < 4.78 is 24.7. The molecule has 3 nitrogen and oxygen atoms in total. The van der Waals surface area contributed by atoms with Crippen molar-refractivity contribution in [2.75, 3.05) is 13.2 Å². The van der Waals surface area contributed by atoms with Crippen LogP contribution in [-0.4, -0.2) is 18.3 Å². The SMILES string of the molecule is OC(c1cc2c(cc1Cl)OCCO2)c1ccc(F)cc1I. The van der Waals surface area contributed by atoms with Gasteiger partial charge in [0.1, 0.15) is 25.1 Å². The minimum Gasteiger partial charge on any atom is -0.486 e. The van der Waals surface area contributed by atoms with E-state index in [4.69, 9.17) is 21.1 Å². The molecule has 6 heteroatoms. The molecule has 0 aliphatic carbocycles. The van der Waals surface area contributed by atoms with Crippen LogP contribution in [0.5, 0.6) is 11.5 Å². The second-order valence-corrected chi connectivity index (χ2v) is 6.16. The number of hydrogen-bond acceptors (Lipinski definition) is 3. The Hall–Kier alpha value is -1.05. The van der Waals surface area contributed by atoms with Crippen molar-refractivity contribution in [3.8, 4) is 11.5 Å². The van der Waals surface area contributed by atoms with Crippen molar-refractivity contribution in [2.45, 2.75) is 6.10 Å². The number of ether oxygens (including phenoxy) is 2.